The SMILES string of the molecule is Cc1cc(NC(=O)N2CCCSCC2)cc(C(=O)O)c1C. The van der Waals surface area contributed by atoms with Crippen molar-refractivity contribution in [3.05, 3.63) is 28.8 Å². The van der Waals surface area contributed by atoms with Gasteiger partial charge in [0.2, 0.25) is 0 Å². The molecule has 0 atom stereocenters. The summed E-state index contributed by atoms with van der Waals surface area (Å²) < 4.78 is 0. The molecule has 0 aromatic heterocycles. The summed E-state index contributed by atoms with van der Waals surface area (Å²) in [5.41, 5.74) is 2.36. The molecule has 0 unspecified atom stereocenters. The van der Waals surface area contributed by atoms with Gasteiger partial charge in [-0.15, -0.1) is 0 Å². The number of urea groups is 1. The average molecular weight is 308 g/mol. The van der Waals surface area contributed by atoms with Gasteiger partial charge in [0, 0.05) is 24.5 Å². The van der Waals surface area contributed by atoms with E-state index < -0.39 is 5.97 Å². The third kappa shape index (κ3) is 3.91. The van der Waals surface area contributed by atoms with Crippen LogP contribution in [0.15, 0.2) is 12.1 Å². The van der Waals surface area contributed by atoms with Crippen LogP contribution >= 0.6 is 11.8 Å². The number of benzene rings is 1. The summed E-state index contributed by atoms with van der Waals surface area (Å²) in [6.07, 6.45) is 0.991. The lowest BCUT2D eigenvalue weighted by molar-refractivity contribution is 0.0696. The number of aromatic carboxylic acids is 1. The van der Waals surface area contributed by atoms with Crippen LogP contribution in [0.4, 0.5) is 10.5 Å². The summed E-state index contributed by atoms with van der Waals surface area (Å²) in [5.74, 6) is 1.05. The first-order chi connectivity index (χ1) is 9.99. The molecule has 0 spiro atoms. The lowest BCUT2D eigenvalue weighted by Crippen LogP contribution is -2.36. The quantitative estimate of drug-likeness (QED) is 0.881. The van der Waals surface area contributed by atoms with E-state index in [1.807, 2.05) is 24.8 Å². The van der Waals surface area contributed by atoms with Gasteiger partial charge in [0.15, 0.2) is 0 Å². The highest BCUT2D eigenvalue weighted by Crippen LogP contribution is 2.21. The third-order valence-corrected chi connectivity index (χ3v) is 4.71. The highest BCUT2D eigenvalue weighted by Gasteiger charge is 2.17. The van der Waals surface area contributed by atoms with Crippen molar-refractivity contribution in [2.75, 3.05) is 29.9 Å². The second kappa shape index (κ2) is 6.85. The molecule has 0 radical (unpaired) electrons. The molecule has 2 amide bonds. The molecule has 21 heavy (non-hydrogen) atoms. The van der Waals surface area contributed by atoms with Gasteiger partial charge in [-0.3, -0.25) is 0 Å². The predicted molar refractivity (Wildman–Crippen MR) is 85.4 cm³/mol. The smallest absolute Gasteiger partial charge is 0.336 e. The fraction of sp³-hybridized carbons (Fsp3) is 0.467. The van der Waals surface area contributed by atoms with Crippen molar-refractivity contribution in [1.82, 2.24) is 4.90 Å². The van der Waals surface area contributed by atoms with E-state index in [0.717, 1.165) is 42.1 Å². The summed E-state index contributed by atoms with van der Waals surface area (Å²) in [6, 6.07) is 3.18. The van der Waals surface area contributed by atoms with Crippen molar-refractivity contribution in [3.63, 3.8) is 0 Å². The molecule has 1 heterocycles. The van der Waals surface area contributed by atoms with Gasteiger partial charge in [0.25, 0.3) is 0 Å². The molecule has 1 aromatic rings. The van der Waals surface area contributed by atoms with Crippen LogP contribution in [0.3, 0.4) is 0 Å². The Bertz CT molecular complexity index is 552. The third-order valence-electron chi connectivity index (χ3n) is 3.66. The number of nitrogens with zero attached hydrogens (tertiary/aromatic N) is 1. The minimum Gasteiger partial charge on any atom is -0.478 e. The fourth-order valence-corrected chi connectivity index (χ4v) is 3.19. The fourth-order valence-electron chi connectivity index (χ4n) is 2.31. The molecule has 1 aliphatic heterocycles. The standard InChI is InChI=1S/C15H20N2O3S/c1-10-8-12(9-13(11(10)2)14(18)19)16-15(20)17-4-3-6-21-7-5-17/h8-9H,3-7H2,1-2H3,(H,16,20)(H,18,19). The minimum absolute atomic E-state index is 0.155. The van der Waals surface area contributed by atoms with Gasteiger partial charge in [-0.2, -0.15) is 11.8 Å². The number of anilines is 1. The first kappa shape index (κ1) is 15.7. The Morgan fingerprint density at radius 3 is 2.71 bits per heavy atom. The second-order valence-corrected chi connectivity index (χ2v) is 6.38. The number of carbonyl (C=O) groups excluding carboxylic acids is 1. The van der Waals surface area contributed by atoms with Crippen LogP contribution < -0.4 is 5.32 Å². The zero-order valence-corrected chi connectivity index (χ0v) is 13.1. The van der Waals surface area contributed by atoms with E-state index in [1.165, 1.54) is 6.07 Å². The molecule has 1 aromatic carbocycles. The van der Waals surface area contributed by atoms with Crippen molar-refractivity contribution in [2.24, 2.45) is 0 Å². The number of rotatable bonds is 2. The Hall–Kier alpha value is -1.69. The highest BCUT2D eigenvalue weighted by molar-refractivity contribution is 7.99. The van der Waals surface area contributed by atoms with Crippen molar-refractivity contribution in [2.45, 2.75) is 20.3 Å². The molecule has 1 aliphatic rings. The van der Waals surface area contributed by atoms with E-state index in [-0.39, 0.29) is 11.6 Å². The second-order valence-electron chi connectivity index (χ2n) is 5.15. The van der Waals surface area contributed by atoms with Crippen LogP contribution in [0.5, 0.6) is 0 Å². The molecular formula is C15H20N2O3S. The van der Waals surface area contributed by atoms with Crippen molar-refractivity contribution < 1.29 is 14.7 Å². The zero-order chi connectivity index (χ0) is 15.4. The van der Waals surface area contributed by atoms with Crippen molar-refractivity contribution in [3.8, 4) is 0 Å². The lowest BCUT2D eigenvalue weighted by atomic mass is 10.0. The molecule has 0 aliphatic carbocycles. The summed E-state index contributed by atoms with van der Waals surface area (Å²) in [5, 5.41) is 12.0. The number of hydrogen-bond acceptors (Lipinski definition) is 3. The van der Waals surface area contributed by atoms with Crippen molar-refractivity contribution in [1.29, 1.82) is 0 Å². The zero-order valence-electron chi connectivity index (χ0n) is 12.3. The topological polar surface area (TPSA) is 69.6 Å². The Labute approximate surface area is 128 Å². The normalized spacial score (nSPS) is 15.4. The molecule has 2 rings (SSSR count). The highest BCUT2D eigenvalue weighted by atomic mass is 32.2. The van der Waals surface area contributed by atoms with Gasteiger partial charge in [-0.05, 0) is 49.3 Å². The first-order valence-electron chi connectivity index (χ1n) is 6.97. The first-order valence-corrected chi connectivity index (χ1v) is 8.12. The molecule has 0 saturated carbocycles. The number of carboxylic acid groups (broad SMARTS) is 1. The number of carbonyl (C=O) groups is 2. The summed E-state index contributed by atoms with van der Waals surface area (Å²) in [6.45, 7) is 5.10. The number of carboxylic acids is 1. The molecule has 0 bridgehead atoms. The Kier molecular flexibility index (Phi) is 5.12. The number of aryl methyl sites for hydroxylation is 1. The van der Waals surface area contributed by atoms with Gasteiger partial charge in [0.1, 0.15) is 0 Å². The minimum atomic E-state index is -0.974. The summed E-state index contributed by atoms with van der Waals surface area (Å²) in [7, 11) is 0. The Morgan fingerprint density at radius 1 is 1.24 bits per heavy atom. The molecule has 1 saturated heterocycles. The maximum atomic E-state index is 12.3. The molecule has 1 fully saturated rings. The molecule has 2 N–H and O–H groups in total. The largest absolute Gasteiger partial charge is 0.478 e. The monoisotopic (exact) mass is 308 g/mol. The molecular weight excluding hydrogens is 288 g/mol. The molecule has 114 valence electrons. The maximum absolute atomic E-state index is 12.3. The Morgan fingerprint density at radius 2 is 2.00 bits per heavy atom. The van der Waals surface area contributed by atoms with E-state index in [9.17, 15) is 14.7 Å². The van der Waals surface area contributed by atoms with Gasteiger partial charge >= 0.3 is 12.0 Å². The van der Waals surface area contributed by atoms with Crippen LogP contribution in [0.1, 0.15) is 27.9 Å². The van der Waals surface area contributed by atoms with Gasteiger partial charge < -0.3 is 15.3 Å². The number of amides is 2. The number of hydrogen-bond donors (Lipinski definition) is 2. The Balaban J connectivity index is 2.15. The summed E-state index contributed by atoms with van der Waals surface area (Å²) in [4.78, 5) is 25.3. The van der Waals surface area contributed by atoms with Gasteiger partial charge in [-0.25, -0.2) is 9.59 Å². The van der Waals surface area contributed by atoms with Gasteiger partial charge in [0.05, 0.1) is 5.56 Å². The van der Waals surface area contributed by atoms with E-state index in [2.05, 4.69) is 5.32 Å². The van der Waals surface area contributed by atoms with E-state index in [4.69, 9.17) is 0 Å². The van der Waals surface area contributed by atoms with E-state index in [0.29, 0.717) is 5.69 Å². The maximum Gasteiger partial charge on any atom is 0.336 e. The van der Waals surface area contributed by atoms with Crippen LogP contribution in [0.2, 0.25) is 0 Å². The predicted octanol–water partition coefficient (Wildman–Crippen LogP) is 2.97. The number of nitrogens with one attached hydrogen (secondary N) is 1. The molecule has 5 nitrogen and oxygen atoms in total. The van der Waals surface area contributed by atoms with Crippen LogP contribution in [-0.2, 0) is 0 Å². The van der Waals surface area contributed by atoms with E-state index >= 15 is 0 Å². The lowest BCUT2D eigenvalue weighted by Gasteiger charge is -2.21. The van der Waals surface area contributed by atoms with Gasteiger partial charge in [-0.1, -0.05) is 0 Å². The number of thioether (sulfide) groups is 1. The van der Waals surface area contributed by atoms with Crippen LogP contribution in [0, 0.1) is 13.8 Å². The van der Waals surface area contributed by atoms with Crippen LogP contribution in [0.25, 0.3) is 0 Å². The summed E-state index contributed by atoms with van der Waals surface area (Å²) >= 11 is 1.85. The molecule has 6 heteroatoms. The average Bonchev–Trinajstić information content (AvgIpc) is 2.71. The van der Waals surface area contributed by atoms with Crippen LogP contribution in [-0.4, -0.2) is 46.6 Å². The van der Waals surface area contributed by atoms with Crippen molar-refractivity contribution >= 4 is 29.4 Å². The van der Waals surface area contributed by atoms with E-state index in [1.54, 1.807) is 11.8 Å².